The van der Waals surface area contributed by atoms with E-state index >= 15 is 0 Å². The Balaban J connectivity index is 1.71. The minimum absolute atomic E-state index is 0.689. The molecule has 16 heavy (non-hydrogen) atoms. The zero-order chi connectivity index (χ0) is 10.8. The lowest BCUT2D eigenvalue weighted by Gasteiger charge is -2.15. The van der Waals surface area contributed by atoms with Gasteiger partial charge in [-0.1, -0.05) is 0 Å². The highest BCUT2D eigenvalue weighted by molar-refractivity contribution is 8.00. The summed E-state index contributed by atoms with van der Waals surface area (Å²) in [6, 6.07) is 0. The summed E-state index contributed by atoms with van der Waals surface area (Å²) in [7, 11) is 0. The molecule has 0 amide bonds. The lowest BCUT2D eigenvalue weighted by Crippen LogP contribution is -2.15. The fourth-order valence-electron chi connectivity index (χ4n) is 2.74. The number of rotatable bonds is 3. The second-order valence-corrected chi connectivity index (χ2v) is 6.20. The van der Waals surface area contributed by atoms with Crippen molar-refractivity contribution in [2.75, 3.05) is 18.8 Å². The molecule has 4 heteroatoms. The van der Waals surface area contributed by atoms with E-state index < -0.39 is 0 Å². The minimum atomic E-state index is 0.689. The molecule has 2 fully saturated rings. The number of hydrogen-bond acceptors (Lipinski definition) is 3. The van der Waals surface area contributed by atoms with E-state index in [2.05, 4.69) is 32.8 Å². The topological polar surface area (TPSA) is 29.9 Å². The van der Waals surface area contributed by atoms with Gasteiger partial charge in [0.05, 0.1) is 6.33 Å². The van der Waals surface area contributed by atoms with Gasteiger partial charge in [-0.3, -0.25) is 0 Å². The molecule has 1 N–H and O–H groups in total. The first kappa shape index (κ1) is 10.7. The van der Waals surface area contributed by atoms with Crippen molar-refractivity contribution in [3.8, 4) is 0 Å². The average Bonchev–Trinajstić information content (AvgIpc) is 2.98. The second-order valence-electron chi connectivity index (χ2n) is 4.80. The van der Waals surface area contributed by atoms with Crippen LogP contribution in [0.1, 0.15) is 30.9 Å². The normalized spacial score (nSPS) is 30.0. The summed E-state index contributed by atoms with van der Waals surface area (Å²) in [5.41, 5.74) is 1.44. The van der Waals surface area contributed by atoms with Crippen LogP contribution in [0, 0.1) is 0 Å². The number of imidazole rings is 1. The van der Waals surface area contributed by atoms with Crippen LogP contribution in [-0.2, 0) is 6.54 Å². The molecule has 0 aromatic carbocycles. The number of nitrogens with one attached hydrogen (secondary N) is 1. The van der Waals surface area contributed by atoms with Gasteiger partial charge in [0.15, 0.2) is 0 Å². The number of nitrogens with zero attached hydrogens (tertiary/aromatic N) is 2. The molecular formula is C12H19N3S. The van der Waals surface area contributed by atoms with Crippen molar-refractivity contribution in [3.63, 3.8) is 0 Å². The third-order valence-corrected chi connectivity index (χ3v) is 5.03. The van der Waals surface area contributed by atoms with Crippen molar-refractivity contribution in [2.45, 2.75) is 37.0 Å². The Labute approximate surface area is 101 Å². The van der Waals surface area contributed by atoms with Crippen LogP contribution < -0.4 is 5.32 Å². The van der Waals surface area contributed by atoms with Crippen LogP contribution in [0.15, 0.2) is 12.5 Å². The van der Waals surface area contributed by atoms with Gasteiger partial charge in [-0.2, -0.15) is 11.8 Å². The monoisotopic (exact) mass is 237 g/mol. The van der Waals surface area contributed by atoms with E-state index in [1.165, 1.54) is 30.7 Å². The van der Waals surface area contributed by atoms with Gasteiger partial charge in [0.2, 0.25) is 0 Å². The first-order valence-corrected chi connectivity index (χ1v) is 7.31. The lowest BCUT2D eigenvalue weighted by atomic mass is 10.1. The van der Waals surface area contributed by atoms with Crippen molar-refractivity contribution >= 4 is 11.8 Å². The zero-order valence-corrected chi connectivity index (χ0v) is 10.4. The molecule has 2 unspecified atom stereocenters. The molecule has 0 aliphatic carbocycles. The molecule has 2 atom stereocenters. The standard InChI is InChI=1S/C12H19N3S/c1-2-11(16-5-1)8-15-9-14-7-12(15)10-3-4-13-6-10/h7,9-11,13H,1-6,8H2. The fourth-order valence-corrected chi connectivity index (χ4v) is 4.00. The Bertz CT molecular complexity index is 338. The van der Waals surface area contributed by atoms with Crippen molar-refractivity contribution in [3.05, 3.63) is 18.2 Å². The quantitative estimate of drug-likeness (QED) is 0.870. The van der Waals surface area contributed by atoms with Gasteiger partial charge >= 0.3 is 0 Å². The molecule has 0 radical (unpaired) electrons. The van der Waals surface area contributed by atoms with Crippen LogP contribution in [0.25, 0.3) is 0 Å². The average molecular weight is 237 g/mol. The molecule has 1 aromatic rings. The van der Waals surface area contributed by atoms with Gasteiger partial charge in [-0.05, 0) is 31.6 Å². The van der Waals surface area contributed by atoms with E-state index in [0.717, 1.165) is 24.9 Å². The maximum absolute atomic E-state index is 4.33. The molecule has 0 saturated carbocycles. The summed E-state index contributed by atoms with van der Waals surface area (Å²) < 4.78 is 2.39. The van der Waals surface area contributed by atoms with Gasteiger partial charge < -0.3 is 9.88 Å². The first-order valence-electron chi connectivity index (χ1n) is 6.26. The van der Waals surface area contributed by atoms with Crippen LogP contribution in [0.5, 0.6) is 0 Å². The maximum Gasteiger partial charge on any atom is 0.0948 e. The molecule has 88 valence electrons. The largest absolute Gasteiger partial charge is 0.333 e. The van der Waals surface area contributed by atoms with Crippen LogP contribution in [0.4, 0.5) is 0 Å². The lowest BCUT2D eigenvalue weighted by molar-refractivity contribution is 0.585. The molecule has 3 heterocycles. The highest BCUT2D eigenvalue weighted by Crippen LogP contribution is 2.29. The summed E-state index contributed by atoms with van der Waals surface area (Å²) in [5, 5.41) is 4.26. The van der Waals surface area contributed by atoms with Gasteiger partial charge in [-0.15, -0.1) is 0 Å². The van der Waals surface area contributed by atoms with E-state index in [1.807, 2.05) is 6.33 Å². The smallest absolute Gasteiger partial charge is 0.0948 e. The molecule has 1 aromatic heterocycles. The molecule has 3 rings (SSSR count). The zero-order valence-electron chi connectivity index (χ0n) is 9.56. The fraction of sp³-hybridized carbons (Fsp3) is 0.750. The summed E-state index contributed by atoms with van der Waals surface area (Å²) in [5.74, 6) is 2.04. The predicted molar refractivity (Wildman–Crippen MR) is 67.9 cm³/mol. The van der Waals surface area contributed by atoms with Gasteiger partial charge in [0, 0.05) is 36.1 Å². The maximum atomic E-state index is 4.33. The molecule has 0 spiro atoms. The highest BCUT2D eigenvalue weighted by atomic mass is 32.2. The number of hydrogen-bond donors (Lipinski definition) is 1. The summed E-state index contributed by atoms with van der Waals surface area (Å²) in [6.07, 6.45) is 8.13. The Morgan fingerprint density at radius 1 is 1.50 bits per heavy atom. The van der Waals surface area contributed by atoms with Crippen LogP contribution in [0.2, 0.25) is 0 Å². The van der Waals surface area contributed by atoms with E-state index in [-0.39, 0.29) is 0 Å². The molecular weight excluding hydrogens is 218 g/mol. The van der Waals surface area contributed by atoms with Gasteiger partial charge in [0.25, 0.3) is 0 Å². The summed E-state index contributed by atoms with van der Waals surface area (Å²) >= 11 is 2.13. The van der Waals surface area contributed by atoms with E-state index in [1.54, 1.807) is 0 Å². The number of aromatic nitrogens is 2. The second kappa shape index (κ2) is 4.80. The third kappa shape index (κ3) is 2.13. The Morgan fingerprint density at radius 3 is 3.25 bits per heavy atom. The molecule has 2 aliphatic rings. The predicted octanol–water partition coefficient (Wildman–Crippen LogP) is 1.86. The molecule has 2 saturated heterocycles. The van der Waals surface area contributed by atoms with Crippen molar-refractivity contribution in [2.24, 2.45) is 0 Å². The highest BCUT2D eigenvalue weighted by Gasteiger charge is 2.22. The molecule has 0 bridgehead atoms. The van der Waals surface area contributed by atoms with E-state index in [4.69, 9.17) is 0 Å². The summed E-state index contributed by atoms with van der Waals surface area (Å²) in [4.78, 5) is 4.33. The first-order chi connectivity index (χ1) is 7.93. The Morgan fingerprint density at radius 2 is 2.50 bits per heavy atom. The van der Waals surface area contributed by atoms with Gasteiger partial charge in [0.1, 0.15) is 0 Å². The van der Waals surface area contributed by atoms with Gasteiger partial charge in [-0.25, -0.2) is 4.98 Å². The van der Waals surface area contributed by atoms with Crippen LogP contribution in [0.3, 0.4) is 0 Å². The third-order valence-electron chi connectivity index (χ3n) is 3.65. The van der Waals surface area contributed by atoms with Crippen molar-refractivity contribution in [1.29, 1.82) is 0 Å². The van der Waals surface area contributed by atoms with E-state index in [0.29, 0.717) is 5.92 Å². The molecule has 3 nitrogen and oxygen atoms in total. The SMILES string of the molecule is c1ncn(CC2CCCS2)c1C1CCNC1. The molecule has 2 aliphatic heterocycles. The van der Waals surface area contributed by atoms with E-state index in [9.17, 15) is 0 Å². The Kier molecular flexibility index (Phi) is 3.20. The minimum Gasteiger partial charge on any atom is -0.333 e. The van der Waals surface area contributed by atoms with Crippen molar-refractivity contribution < 1.29 is 0 Å². The van der Waals surface area contributed by atoms with Crippen molar-refractivity contribution in [1.82, 2.24) is 14.9 Å². The van der Waals surface area contributed by atoms with Crippen LogP contribution in [-0.4, -0.2) is 33.6 Å². The van der Waals surface area contributed by atoms with Crippen LogP contribution >= 0.6 is 11.8 Å². The Hall–Kier alpha value is -0.480. The summed E-state index contributed by atoms with van der Waals surface area (Å²) in [6.45, 7) is 3.45. The number of thioether (sulfide) groups is 1.